The molecule has 0 bridgehead atoms. The zero-order chi connectivity index (χ0) is 8.97. The second kappa shape index (κ2) is 4.44. The molecular formula is C11H17O. The first-order valence-electron chi connectivity index (χ1n) is 4.83. The number of hydrogen-bond acceptors (Lipinski definition) is 1. The van der Waals surface area contributed by atoms with Gasteiger partial charge in [0.2, 0.25) is 0 Å². The Hall–Kier alpha value is -0.590. The molecule has 0 saturated carbocycles. The molecule has 12 heavy (non-hydrogen) atoms. The van der Waals surface area contributed by atoms with Crippen LogP contribution < -0.4 is 0 Å². The van der Waals surface area contributed by atoms with Crippen LogP contribution in [-0.2, 0) is 4.79 Å². The standard InChI is InChI=1S/C11H17O/c1-3-4-5-6-10-9(2)7-8-11(10)12/h2-8H2,1H3. The summed E-state index contributed by atoms with van der Waals surface area (Å²) in [4.78, 5) is 11.3. The van der Waals surface area contributed by atoms with E-state index in [1.165, 1.54) is 12.8 Å². The smallest absolute Gasteiger partial charge is 0.159 e. The van der Waals surface area contributed by atoms with Gasteiger partial charge in [0.1, 0.15) is 0 Å². The highest BCUT2D eigenvalue weighted by Crippen LogP contribution is 2.25. The molecule has 1 rings (SSSR count). The van der Waals surface area contributed by atoms with Crippen molar-refractivity contribution < 1.29 is 4.79 Å². The van der Waals surface area contributed by atoms with E-state index in [2.05, 4.69) is 13.8 Å². The zero-order valence-corrected chi connectivity index (χ0v) is 7.86. The second-order valence-electron chi connectivity index (χ2n) is 3.46. The Morgan fingerprint density at radius 2 is 2.08 bits per heavy atom. The van der Waals surface area contributed by atoms with E-state index in [1.54, 1.807) is 0 Å². The number of carbonyl (C=O) groups is 1. The third-order valence-electron chi connectivity index (χ3n) is 2.45. The molecular weight excluding hydrogens is 148 g/mol. The van der Waals surface area contributed by atoms with Gasteiger partial charge in [0.25, 0.3) is 0 Å². The number of ketones is 1. The molecule has 0 heterocycles. The summed E-state index contributed by atoms with van der Waals surface area (Å²) in [6.45, 7) is 6.08. The van der Waals surface area contributed by atoms with Crippen LogP contribution in [0.2, 0.25) is 0 Å². The summed E-state index contributed by atoms with van der Waals surface area (Å²) in [5.74, 6) is 0.344. The van der Waals surface area contributed by atoms with Gasteiger partial charge in [-0.3, -0.25) is 4.79 Å². The van der Waals surface area contributed by atoms with Gasteiger partial charge in [0, 0.05) is 6.42 Å². The third-order valence-corrected chi connectivity index (χ3v) is 2.45. The van der Waals surface area contributed by atoms with Crippen LogP contribution in [0.5, 0.6) is 0 Å². The van der Waals surface area contributed by atoms with E-state index in [4.69, 9.17) is 0 Å². The highest BCUT2D eigenvalue weighted by atomic mass is 16.1. The molecule has 1 aliphatic rings. The molecule has 1 radical (unpaired) electrons. The van der Waals surface area contributed by atoms with Crippen molar-refractivity contribution in [2.45, 2.75) is 45.4 Å². The normalized spacial score (nSPS) is 17.7. The van der Waals surface area contributed by atoms with Crippen LogP contribution >= 0.6 is 0 Å². The van der Waals surface area contributed by atoms with Crippen molar-refractivity contribution in [1.82, 2.24) is 0 Å². The van der Waals surface area contributed by atoms with E-state index in [-0.39, 0.29) is 0 Å². The summed E-state index contributed by atoms with van der Waals surface area (Å²) in [5.41, 5.74) is 2.12. The summed E-state index contributed by atoms with van der Waals surface area (Å²) < 4.78 is 0. The molecule has 0 spiro atoms. The number of hydrogen-bond donors (Lipinski definition) is 0. The van der Waals surface area contributed by atoms with E-state index in [1.807, 2.05) is 0 Å². The average Bonchev–Trinajstić information content (AvgIpc) is 2.35. The fourth-order valence-corrected chi connectivity index (χ4v) is 1.63. The van der Waals surface area contributed by atoms with Crippen molar-refractivity contribution in [3.8, 4) is 0 Å². The Balaban J connectivity index is 2.39. The van der Waals surface area contributed by atoms with E-state index >= 15 is 0 Å². The third kappa shape index (κ3) is 2.20. The lowest BCUT2D eigenvalue weighted by Gasteiger charge is -2.00. The van der Waals surface area contributed by atoms with Gasteiger partial charge in [0.05, 0.1) is 0 Å². The molecule has 0 saturated heterocycles. The minimum atomic E-state index is 0.344. The van der Waals surface area contributed by atoms with Crippen LogP contribution in [0, 0.1) is 6.92 Å². The molecule has 0 unspecified atom stereocenters. The molecule has 0 aliphatic heterocycles. The first-order valence-corrected chi connectivity index (χ1v) is 4.83. The molecule has 0 amide bonds. The molecule has 0 aromatic heterocycles. The lowest BCUT2D eigenvalue weighted by atomic mass is 10.0. The Bertz CT molecular complexity index is 201. The Morgan fingerprint density at radius 3 is 2.58 bits per heavy atom. The van der Waals surface area contributed by atoms with Crippen LogP contribution in [0.4, 0.5) is 0 Å². The van der Waals surface area contributed by atoms with Gasteiger partial charge >= 0.3 is 0 Å². The number of allylic oxidation sites excluding steroid dienone is 2. The average molecular weight is 165 g/mol. The maximum absolute atomic E-state index is 11.3. The predicted octanol–water partition coefficient (Wildman–Crippen LogP) is 3.06. The molecule has 0 atom stereocenters. The maximum atomic E-state index is 11.3. The van der Waals surface area contributed by atoms with Gasteiger partial charge in [0.15, 0.2) is 5.78 Å². The van der Waals surface area contributed by atoms with Crippen molar-refractivity contribution in [2.75, 3.05) is 0 Å². The molecule has 0 fully saturated rings. The molecule has 1 aliphatic carbocycles. The first-order chi connectivity index (χ1) is 5.75. The van der Waals surface area contributed by atoms with Gasteiger partial charge in [-0.25, -0.2) is 0 Å². The van der Waals surface area contributed by atoms with Gasteiger partial charge in [-0.2, -0.15) is 0 Å². The molecule has 0 aromatic carbocycles. The summed E-state index contributed by atoms with van der Waals surface area (Å²) >= 11 is 0. The topological polar surface area (TPSA) is 17.1 Å². The van der Waals surface area contributed by atoms with Crippen molar-refractivity contribution in [3.05, 3.63) is 18.1 Å². The van der Waals surface area contributed by atoms with Crippen LogP contribution in [0.25, 0.3) is 0 Å². The quantitative estimate of drug-likeness (QED) is 0.585. The second-order valence-corrected chi connectivity index (χ2v) is 3.46. The fraction of sp³-hybridized carbons (Fsp3) is 0.636. The SMILES string of the molecule is [CH2]C1=C(CCCCC)C(=O)CC1. The Morgan fingerprint density at radius 1 is 1.33 bits per heavy atom. The van der Waals surface area contributed by atoms with Crippen molar-refractivity contribution in [3.63, 3.8) is 0 Å². The molecule has 0 aromatic rings. The zero-order valence-electron chi connectivity index (χ0n) is 7.86. The highest BCUT2D eigenvalue weighted by Gasteiger charge is 2.18. The van der Waals surface area contributed by atoms with Crippen LogP contribution in [0.3, 0.4) is 0 Å². The minimum absolute atomic E-state index is 0.344. The molecule has 0 N–H and O–H groups in total. The lowest BCUT2D eigenvalue weighted by molar-refractivity contribution is -0.115. The maximum Gasteiger partial charge on any atom is 0.159 e. The van der Waals surface area contributed by atoms with Gasteiger partial charge in [-0.15, -0.1) is 0 Å². The molecule has 1 heteroatoms. The van der Waals surface area contributed by atoms with Crippen LogP contribution in [-0.4, -0.2) is 5.78 Å². The van der Waals surface area contributed by atoms with Crippen molar-refractivity contribution in [2.24, 2.45) is 0 Å². The summed E-state index contributed by atoms with van der Waals surface area (Å²) in [5, 5.41) is 0. The largest absolute Gasteiger partial charge is 0.295 e. The van der Waals surface area contributed by atoms with E-state index in [0.717, 1.165) is 30.4 Å². The predicted molar refractivity (Wildman–Crippen MR) is 50.8 cm³/mol. The number of Topliss-reactive ketones (excluding diaryl/α,β-unsaturated/α-hetero) is 1. The Kier molecular flexibility index (Phi) is 3.51. The Labute approximate surface area is 74.9 Å². The molecule has 1 nitrogen and oxygen atoms in total. The van der Waals surface area contributed by atoms with Gasteiger partial charge in [-0.1, -0.05) is 25.3 Å². The molecule has 67 valence electrons. The van der Waals surface area contributed by atoms with Gasteiger partial charge < -0.3 is 0 Å². The van der Waals surface area contributed by atoms with E-state index < -0.39 is 0 Å². The van der Waals surface area contributed by atoms with Crippen molar-refractivity contribution in [1.29, 1.82) is 0 Å². The van der Waals surface area contributed by atoms with E-state index in [0.29, 0.717) is 12.2 Å². The summed E-state index contributed by atoms with van der Waals surface area (Å²) in [6, 6.07) is 0. The fourth-order valence-electron chi connectivity index (χ4n) is 1.63. The van der Waals surface area contributed by atoms with E-state index in [9.17, 15) is 4.79 Å². The highest BCUT2D eigenvalue weighted by molar-refractivity contribution is 5.98. The first kappa shape index (κ1) is 9.50. The van der Waals surface area contributed by atoms with Gasteiger partial charge in [-0.05, 0) is 31.8 Å². The number of carbonyl (C=O) groups excluding carboxylic acids is 1. The number of unbranched alkanes of at least 4 members (excludes halogenated alkanes) is 2. The summed E-state index contributed by atoms with van der Waals surface area (Å²) in [7, 11) is 0. The van der Waals surface area contributed by atoms with Crippen LogP contribution in [0.15, 0.2) is 11.1 Å². The monoisotopic (exact) mass is 165 g/mol. The number of rotatable bonds is 4. The lowest BCUT2D eigenvalue weighted by Crippen LogP contribution is -1.96. The van der Waals surface area contributed by atoms with Crippen LogP contribution in [0.1, 0.15) is 45.4 Å². The van der Waals surface area contributed by atoms with Crippen molar-refractivity contribution >= 4 is 5.78 Å². The minimum Gasteiger partial charge on any atom is -0.295 e. The summed E-state index contributed by atoms with van der Waals surface area (Å²) in [6.07, 6.45) is 6.17.